The number of hydrogen-bond donors (Lipinski definition) is 1. The number of esters is 1. The number of hydrogen-bond acceptors (Lipinski definition) is 3. The molecule has 4 atom stereocenters. The molecule has 2 fully saturated rings. The van der Waals surface area contributed by atoms with Gasteiger partial charge in [0.2, 0.25) is 0 Å². The summed E-state index contributed by atoms with van der Waals surface area (Å²) in [6.07, 6.45) is 4.61. The van der Waals surface area contributed by atoms with E-state index in [1.165, 1.54) is 19.3 Å². The third kappa shape index (κ3) is 4.11. The highest BCUT2D eigenvalue weighted by Gasteiger charge is 2.40. The van der Waals surface area contributed by atoms with Crippen LogP contribution in [-0.2, 0) is 14.3 Å². The van der Waals surface area contributed by atoms with Gasteiger partial charge in [-0.2, -0.15) is 0 Å². The number of anilines is 1. The quantitative estimate of drug-likeness (QED) is 0.717. The normalized spacial score (nSPS) is 24.0. The molecule has 0 saturated heterocycles. The number of benzene rings is 2. The maximum Gasteiger partial charge on any atom is 0.306 e. The Kier molecular flexibility index (Phi) is 5.47. The number of rotatable bonds is 6. The van der Waals surface area contributed by atoms with E-state index in [1.807, 2.05) is 54.6 Å². The first-order valence-electron chi connectivity index (χ1n) is 10.2. The molecule has 28 heavy (non-hydrogen) atoms. The summed E-state index contributed by atoms with van der Waals surface area (Å²) in [6, 6.07) is 17.6. The van der Waals surface area contributed by atoms with Gasteiger partial charge in [0.25, 0.3) is 5.91 Å². The first-order chi connectivity index (χ1) is 13.6. The minimum atomic E-state index is -0.810. The second-order valence-corrected chi connectivity index (χ2v) is 8.17. The molecule has 1 N–H and O–H groups in total. The molecule has 1 amide bonds. The van der Waals surface area contributed by atoms with Crippen molar-refractivity contribution in [2.75, 3.05) is 5.32 Å². The number of fused-ring (bicyclic) bond motifs is 2. The first-order valence-corrected chi connectivity index (χ1v) is 10.2. The van der Waals surface area contributed by atoms with Crippen LogP contribution in [0.25, 0.3) is 11.1 Å². The fourth-order valence-corrected chi connectivity index (χ4v) is 4.84. The molecule has 146 valence electrons. The SMILES string of the molecule is CC(OC(=O)CC1CC2CCC1C2)C(=O)Nc1ccccc1-c1ccccc1. The molecule has 0 radical (unpaired) electrons. The topological polar surface area (TPSA) is 55.4 Å². The van der Waals surface area contributed by atoms with Gasteiger partial charge in [-0.3, -0.25) is 9.59 Å². The van der Waals surface area contributed by atoms with E-state index in [4.69, 9.17) is 4.74 Å². The van der Waals surface area contributed by atoms with Crippen LogP contribution in [0, 0.1) is 17.8 Å². The van der Waals surface area contributed by atoms with Crippen molar-refractivity contribution in [2.45, 2.75) is 45.1 Å². The van der Waals surface area contributed by atoms with Gasteiger partial charge >= 0.3 is 5.97 Å². The van der Waals surface area contributed by atoms with E-state index in [0.29, 0.717) is 18.3 Å². The van der Waals surface area contributed by atoms with Crippen LogP contribution in [0.3, 0.4) is 0 Å². The highest BCUT2D eigenvalue weighted by atomic mass is 16.5. The van der Waals surface area contributed by atoms with Gasteiger partial charge in [0.15, 0.2) is 6.10 Å². The lowest BCUT2D eigenvalue weighted by molar-refractivity contribution is -0.154. The van der Waals surface area contributed by atoms with E-state index in [9.17, 15) is 9.59 Å². The lowest BCUT2D eigenvalue weighted by atomic mass is 9.86. The summed E-state index contributed by atoms with van der Waals surface area (Å²) >= 11 is 0. The minimum Gasteiger partial charge on any atom is -0.453 e. The van der Waals surface area contributed by atoms with Crippen LogP contribution in [0.5, 0.6) is 0 Å². The Hall–Kier alpha value is -2.62. The molecule has 4 rings (SSSR count). The molecule has 4 nitrogen and oxygen atoms in total. The zero-order valence-electron chi connectivity index (χ0n) is 16.3. The Labute approximate surface area is 166 Å². The Morgan fingerprint density at radius 2 is 1.79 bits per heavy atom. The van der Waals surface area contributed by atoms with Crippen LogP contribution < -0.4 is 5.32 Å². The van der Waals surface area contributed by atoms with Crippen LogP contribution in [0.2, 0.25) is 0 Å². The monoisotopic (exact) mass is 377 g/mol. The number of ether oxygens (including phenoxy) is 1. The van der Waals surface area contributed by atoms with Crippen LogP contribution in [0.1, 0.15) is 39.0 Å². The molecule has 2 aromatic rings. The number of amides is 1. The molecule has 4 heteroatoms. The second-order valence-electron chi connectivity index (χ2n) is 8.17. The van der Waals surface area contributed by atoms with Crippen molar-refractivity contribution < 1.29 is 14.3 Å². The average molecular weight is 377 g/mol. The van der Waals surface area contributed by atoms with Crippen molar-refractivity contribution in [1.82, 2.24) is 0 Å². The van der Waals surface area contributed by atoms with E-state index in [-0.39, 0.29) is 11.9 Å². The van der Waals surface area contributed by atoms with Crippen LogP contribution >= 0.6 is 0 Å². The fraction of sp³-hybridized carbons (Fsp3) is 0.417. The van der Waals surface area contributed by atoms with Crippen molar-refractivity contribution in [2.24, 2.45) is 17.8 Å². The predicted octanol–water partition coefficient (Wildman–Crippen LogP) is 5.05. The summed E-state index contributed by atoms with van der Waals surface area (Å²) in [4.78, 5) is 24.9. The van der Waals surface area contributed by atoms with Gasteiger partial charge in [-0.25, -0.2) is 0 Å². The molecular weight excluding hydrogens is 350 g/mol. The van der Waals surface area contributed by atoms with E-state index in [1.54, 1.807) is 6.92 Å². The number of carbonyl (C=O) groups is 2. The lowest BCUT2D eigenvalue weighted by Crippen LogP contribution is -2.31. The number of nitrogens with one attached hydrogen (secondary N) is 1. The van der Waals surface area contributed by atoms with Crippen molar-refractivity contribution in [1.29, 1.82) is 0 Å². The van der Waals surface area contributed by atoms with Crippen LogP contribution in [0.15, 0.2) is 54.6 Å². The molecule has 0 spiro atoms. The zero-order valence-corrected chi connectivity index (χ0v) is 16.3. The molecule has 2 aromatic carbocycles. The smallest absolute Gasteiger partial charge is 0.306 e. The molecule has 0 aromatic heterocycles. The Morgan fingerprint density at radius 1 is 1.04 bits per heavy atom. The molecular formula is C24H27NO3. The minimum absolute atomic E-state index is 0.253. The number of carbonyl (C=O) groups excluding carboxylic acids is 2. The maximum absolute atomic E-state index is 12.6. The molecule has 2 aliphatic carbocycles. The Bertz CT molecular complexity index is 848. The maximum atomic E-state index is 12.6. The van der Waals surface area contributed by atoms with Crippen molar-refractivity contribution in [3.05, 3.63) is 54.6 Å². The molecule has 2 aliphatic rings. The van der Waals surface area contributed by atoms with E-state index in [2.05, 4.69) is 5.32 Å². The summed E-state index contributed by atoms with van der Waals surface area (Å²) in [5.74, 6) is 1.37. The van der Waals surface area contributed by atoms with Gasteiger partial charge in [0, 0.05) is 17.7 Å². The zero-order chi connectivity index (χ0) is 19.5. The average Bonchev–Trinajstić information content (AvgIpc) is 3.32. The van der Waals surface area contributed by atoms with Crippen molar-refractivity contribution in [3.63, 3.8) is 0 Å². The summed E-state index contributed by atoms with van der Waals surface area (Å²) in [6.45, 7) is 1.64. The van der Waals surface area contributed by atoms with Crippen LogP contribution in [-0.4, -0.2) is 18.0 Å². The van der Waals surface area contributed by atoms with E-state index >= 15 is 0 Å². The summed E-state index contributed by atoms with van der Waals surface area (Å²) in [5.41, 5.74) is 2.69. The van der Waals surface area contributed by atoms with Crippen molar-refractivity contribution in [3.8, 4) is 11.1 Å². The van der Waals surface area contributed by atoms with Crippen molar-refractivity contribution >= 4 is 17.6 Å². The summed E-state index contributed by atoms with van der Waals surface area (Å²) in [5, 5.41) is 2.92. The Morgan fingerprint density at radius 3 is 2.50 bits per heavy atom. The fourth-order valence-electron chi connectivity index (χ4n) is 4.84. The molecule has 2 saturated carbocycles. The van der Waals surface area contributed by atoms with Gasteiger partial charge in [0.1, 0.15) is 0 Å². The largest absolute Gasteiger partial charge is 0.453 e. The van der Waals surface area contributed by atoms with Gasteiger partial charge in [-0.05, 0) is 55.6 Å². The van der Waals surface area contributed by atoms with E-state index < -0.39 is 6.10 Å². The molecule has 0 aliphatic heterocycles. The molecule has 0 heterocycles. The first kappa shape index (κ1) is 18.7. The van der Waals surface area contributed by atoms with Gasteiger partial charge in [-0.15, -0.1) is 0 Å². The number of para-hydroxylation sites is 1. The lowest BCUT2D eigenvalue weighted by Gasteiger charge is -2.21. The van der Waals surface area contributed by atoms with Gasteiger partial charge in [-0.1, -0.05) is 55.0 Å². The third-order valence-corrected chi connectivity index (χ3v) is 6.26. The van der Waals surface area contributed by atoms with E-state index in [0.717, 1.165) is 29.2 Å². The standard InChI is InChI=1S/C24H27NO3/c1-16(28-23(26)15-20-14-17-11-12-19(20)13-17)24(27)25-22-10-6-5-9-21(22)18-7-3-2-4-8-18/h2-10,16-17,19-20H,11-15H2,1H3,(H,25,27). The summed E-state index contributed by atoms with van der Waals surface area (Å²) in [7, 11) is 0. The van der Waals surface area contributed by atoms with Gasteiger partial charge in [0.05, 0.1) is 0 Å². The highest BCUT2D eigenvalue weighted by molar-refractivity contribution is 5.98. The Balaban J connectivity index is 1.35. The second kappa shape index (κ2) is 8.17. The van der Waals surface area contributed by atoms with Gasteiger partial charge < -0.3 is 10.1 Å². The predicted molar refractivity (Wildman–Crippen MR) is 110 cm³/mol. The third-order valence-electron chi connectivity index (χ3n) is 6.26. The summed E-state index contributed by atoms with van der Waals surface area (Å²) < 4.78 is 5.45. The molecule has 4 unspecified atom stereocenters. The van der Waals surface area contributed by atoms with Crippen LogP contribution in [0.4, 0.5) is 5.69 Å². The highest BCUT2D eigenvalue weighted by Crippen LogP contribution is 2.49. The molecule has 2 bridgehead atoms.